The zero-order chi connectivity index (χ0) is 9.84. The van der Waals surface area contributed by atoms with Gasteiger partial charge in [0.25, 0.3) is 0 Å². The lowest BCUT2D eigenvalue weighted by atomic mass is 10.4. The van der Waals surface area contributed by atoms with Gasteiger partial charge in [-0.1, -0.05) is 18.3 Å². The monoisotopic (exact) mass is 199 g/mol. The number of aromatic nitrogens is 1. The van der Waals surface area contributed by atoms with E-state index in [-0.39, 0.29) is 5.78 Å². The van der Waals surface area contributed by atoms with Gasteiger partial charge >= 0.3 is 0 Å². The Hall–Kier alpha value is -1.10. The summed E-state index contributed by atoms with van der Waals surface area (Å²) in [6, 6.07) is 0. The van der Waals surface area contributed by atoms with Gasteiger partial charge in [0.2, 0.25) is 0 Å². The van der Waals surface area contributed by atoms with Gasteiger partial charge in [-0.3, -0.25) is 4.79 Å². The van der Waals surface area contributed by atoms with Gasteiger partial charge in [-0.05, 0) is 6.42 Å². The molecule has 0 amide bonds. The predicted octanol–water partition coefficient (Wildman–Crippen LogP) is 1.75. The lowest BCUT2D eigenvalue weighted by Gasteiger charge is -1.96. The predicted molar refractivity (Wildman–Crippen MR) is 55.3 cm³/mol. The number of hydrogen-bond donors (Lipinski definition) is 2. The Balaban J connectivity index is 2.76. The number of carbonyl (C=O) groups is 1. The summed E-state index contributed by atoms with van der Waals surface area (Å²) in [7, 11) is 0. The summed E-state index contributed by atoms with van der Waals surface area (Å²) >= 11 is 1.31. The second kappa shape index (κ2) is 4.23. The molecule has 0 aliphatic heterocycles. The molecule has 0 bridgehead atoms. The van der Waals surface area contributed by atoms with Crippen LogP contribution in [0.5, 0.6) is 0 Å². The Morgan fingerprint density at radius 3 is 2.85 bits per heavy atom. The highest BCUT2D eigenvalue weighted by molar-refractivity contribution is 7.18. The fourth-order valence-electron chi connectivity index (χ4n) is 0.892. The van der Waals surface area contributed by atoms with Crippen LogP contribution in [-0.4, -0.2) is 17.3 Å². The Bertz CT molecular complexity index is 308. The highest BCUT2D eigenvalue weighted by Crippen LogP contribution is 2.24. The van der Waals surface area contributed by atoms with E-state index >= 15 is 0 Å². The average Bonchev–Trinajstić information content (AvgIpc) is 2.43. The van der Waals surface area contributed by atoms with E-state index in [0.29, 0.717) is 10.7 Å². The van der Waals surface area contributed by atoms with Crippen LogP contribution in [0.3, 0.4) is 0 Å². The number of nitrogen functional groups attached to an aromatic ring is 1. The molecule has 0 saturated carbocycles. The number of anilines is 2. The smallest absolute Gasteiger partial charge is 0.185 e. The Kier molecular flexibility index (Phi) is 3.25. The van der Waals surface area contributed by atoms with Crippen LogP contribution in [0, 0.1) is 0 Å². The molecule has 0 aliphatic carbocycles. The first-order chi connectivity index (χ1) is 6.15. The molecule has 0 aliphatic rings. The Morgan fingerprint density at radius 1 is 1.69 bits per heavy atom. The van der Waals surface area contributed by atoms with Crippen LogP contribution in [0.4, 0.5) is 10.9 Å². The van der Waals surface area contributed by atoms with E-state index in [0.717, 1.165) is 18.1 Å². The number of ketones is 1. The maximum atomic E-state index is 11.0. The van der Waals surface area contributed by atoms with Crippen LogP contribution < -0.4 is 11.1 Å². The van der Waals surface area contributed by atoms with Gasteiger partial charge in [0.15, 0.2) is 10.9 Å². The maximum absolute atomic E-state index is 11.0. The van der Waals surface area contributed by atoms with Crippen molar-refractivity contribution in [2.24, 2.45) is 0 Å². The number of nitrogens with zero attached hydrogens (tertiary/aromatic N) is 1. The molecule has 0 saturated heterocycles. The molecule has 0 spiro atoms. The fraction of sp³-hybridized carbons (Fsp3) is 0.500. The highest BCUT2D eigenvalue weighted by Gasteiger charge is 2.11. The number of rotatable bonds is 4. The van der Waals surface area contributed by atoms with Crippen LogP contribution in [0.25, 0.3) is 0 Å². The van der Waals surface area contributed by atoms with Crippen molar-refractivity contribution in [1.29, 1.82) is 0 Å². The molecule has 0 radical (unpaired) electrons. The largest absolute Gasteiger partial charge is 0.382 e. The molecule has 72 valence electrons. The summed E-state index contributed by atoms with van der Waals surface area (Å²) in [5.41, 5.74) is 5.55. The minimum Gasteiger partial charge on any atom is -0.382 e. The summed E-state index contributed by atoms with van der Waals surface area (Å²) in [6.07, 6.45) is 1.02. The van der Waals surface area contributed by atoms with Crippen molar-refractivity contribution in [2.75, 3.05) is 17.6 Å². The second-order valence-electron chi connectivity index (χ2n) is 2.72. The van der Waals surface area contributed by atoms with E-state index in [1.54, 1.807) is 0 Å². The molecule has 13 heavy (non-hydrogen) atoms. The molecule has 0 unspecified atom stereocenters. The topological polar surface area (TPSA) is 68.0 Å². The summed E-state index contributed by atoms with van der Waals surface area (Å²) in [4.78, 5) is 15.6. The van der Waals surface area contributed by atoms with Crippen molar-refractivity contribution < 1.29 is 4.79 Å². The first-order valence-electron chi connectivity index (χ1n) is 4.16. The SMILES string of the molecule is CCCNc1nc(N)c(C(C)=O)s1. The molecule has 0 fully saturated rings. The van der Waals surface area contributed by atoms with Gasteiger partial charge in [-0.25, -0.2) is 4.98 Å². The lowest BCUT2D eigenvalue weighted by molar-refractivity contribution is 0.102. The first kappa shape index (κ1) is 9.98. The summed E-state index contributed by atoms with van der Waals surface area (Å²) in [5, 5.41) is 3.81. The Labute approximate surface area is 81.2 Å². The van der Waals surface area contributed by atoms with Gasteiger partial charge in [0, 0.05) is 13.5 Å². The van der Waals surface area contributed by atoms with Crippen LogP contribution in [-0.2, 0) is 0 Å². The van der Waals surface area contributed by atoms with E-state index in [1.807, 2.05) is 0 Å². The summed E-state index contributed by atoms with van der Waals surface area (Å²) in [5.74, 6) is 0.302. The van der Waals surface area contributed by atoms with Crippen molar-refractivity contribution in [3.05, 3.63) is 4.88 Å². The van der Waals surface area contributed by atoms with E-state index in [9.17, 15) is 4.79 Å². The van der Waals surface area contributed by atoms with Crippen LogP contribution in [0.1, 0.15) is 29.9 Å². The van der Waals surface area contributed by atoms with Gasteiger partial charge in [0.05, 0.1) is 0 Å². The molecule has 4 nitrogen and oxygen atoms in total. The summed E-state index contributed by atoms with van der Waals surface area (Å²) in [6.45, 7) is 4.41. The number of hydrogen-bond acceptors (Lipinski definition) is 5. The highest BCUT2D eigenvalue weighted by atomic mass is 32.1. The Morgan fingerprint density at radius 2 is 2.38 bits per heavy atom. The molecular formula is C8H13N3OS. The zero-order valence-corrected chi connectivity index (χ0v) is 8.57. The number of nitrogens with two attached hydrogens (primary N) is 1. The number of nitrogens with one attached hydrogen (secondary N) is 1. The maximum Gasteiger partial charge on any atom is 0.185 e. The van der Waals surface area contributed by atoms with Crippen LogP contribution >= 0.6 is 11.3 Å². The fourth-order valence-corrected chi connectivity index (χ4v) is 1.70. The molecule has 3 N–H and O–H groups in total. The van der Waals surface area contributed by atoms with Crippen molar-refractivity contribution >= 4 is 28.1 Å². The zero-order valence-electron chi connectivity index (χ0n) is 7.76. The van der Waals surface area contributed by atoms with Gasteiger partial charge in [-0.2, -0.15) is 0 Å². The minimum atomic E-state index is -0.0282. The molecular weight excluding hydrogens is 186 g/mol. The normalized spacial score (nSPS) is 10.0. The van der Waals surface area contributed by atoms with Crippen LogP contribution in [0.15, 0.2) is 0 Å². The molecule has 1 aromatic heterocycles. The van der Waals surface area contributed by atoms with Crippen molar-refractivity contribution in [2.45, 2.75) is 20.3 Å². The van der Waals surface area contributed by atoms with Gasteiger partial charge in [0.1, 0.15) is 10.7 Å². The molecule has 1 heterocycles. The number of thiazole rings is 1. The third-order valence-electron chi connectivity index (χ3n) is 1.50. The minimum absolute atomic E-state index is 0.0282. The molecule has 5 heteroatoms. The number of Topliss-reactive ketones (excluding diaryl/α,β-unsaturated/α-hetero) is 1. The average molecular weight is 199 g/mol. The summed E-state index contributed by atoms with van der Waals surface area (Å²) < 4.78 is 0. The van der Waals surface area contributed by atoms with Crippen molar-refractivity contribution in [1.82, 2.24) is 4.98 Å². The first-order valence-corrected chi connectivity index (χ1v) is 4.98. The lowest BCUT2D eigenvalue weighted by Crippen LogP contribution is -1.99. The second-order valence-corrected chi connectivity index (χ2v) is 3.72. The third kappa shape index (κ3) is 2.42. The van der Waals surface area contributed by atoms with E-state index in [2.05, 4.69) is 17.2 Å². The van der Waals surface area contributed by atoms with Gasteiger partial charge in [-0.15, -0.1) is 0 Å². The van der Waals surface area contributed by atoms with Crippen molar-refractivity contribution in [3.8, 4) is 0 Å². The van der Waals surface area contributed by atoms with E-state index in [4.69, 9.17) is 5.73 Å². The van der Waals surface area contributed by atoms with E-state index in [1.165, 1.54) is 18.3 Å². The third-order valence-corrected chi connectivity index (χ3v) is 2.63. The molecule has 0 aromatic carbocycles. The molecule has 0 atom stereocenters. The molecule has 1 aromatic rings. The quantitative estimate of drug-likeness (QED) is 0.725. The van der Waals surface area contributed by atoms with Gasteiger partial charge < -0.3 is 11.1 Å². The number of carbonyl (C=O) groups excluding carboxylic acids is 1. The molecule has 1 rings (SSSR count). The van der Waals surface area contributed by atoms with Crippen molar-refractivity contribution in [3.63, 3.8) is 0 Å². The van der Waals surface area contributed by atoms with Crippen LogP contribution in [0.2, 0.25) is 0 Å². The standard InChI is InChI=1S/C8H13N3OS/c1-3-4-10-8-11-7(9)6(13-8)5(2)12/h3-4,9H2,1-2H3,(H,10,11). The van der Waals surface area contributed by atoms with E-state index < -0.39 is 0 Å².